The molecule has 0 bridgehead atoms. The molecular formula is C14H12N2O. The normalized spacial score (nSPS) is 9.88. The molecule has 2 rings (SSSR count). The molecule has 0 aliphatic carbocycles. The highest BCUT2D eigenvalue weighted by atomic mass is 16.1. The van der Waals surface area contributed by atoms with Crippen LogP contribution in [0.2, 0.25) is 0 Å². The third-order valence-electron chi connectivity index (χ3n) is 2.70. The second-order valence-corrected chi connectivity index (χ2v) is 3.69. The molecule has 1 aromatic carbocycles. The fourth-order valence-corrected chi connectivity index (χ4v) is 1.81. The van der Waals surface area contributed by atoms with Gasteiger partial charge in [-0.1, -0.05) is 25.1 Å². The Labute approximate surface area is 99.6 Å². The number of benzene rings is 1. The number of hydrogen-bond donors (Lipinski definition) is 0. The molecule has 0 unspecified atom stereocenters. The minimum Gasteiger partial charge on any atom is -0.283 e. The van der Waals surface area contributed by atoms with E-state index in [0.717, 1.165) is 17.7 Å². The van der Waals surface area contributed by atoms with E-state index in [9.17, 15) is 4.79 Å². The molecule has 2 aromatic rings. The molecule has 3 heteroatoms. The smallest absolute Gasteiger partial charge is 0.272 e. The Kier molecular flexibility index (Phi) is 3.06. The van der Waals surface area contributed by atoms with E-state index in [-0.39, 0.29) is 11.1 Å². The van der Waals surface area contributed by atoms with Crippen LogP contribution in [0.25, 0.3) is 5.69 Å². The van der Waals surface area contributed by atoms with Crippen molar-refractivity contribution in [1.82, 2.24) is 4.57 Å². The number of aryl methyl sites for hydroxylation is 1. The van der Waals surface area contributed by atoms with Gasteiger partial charge in [-0.05, 0) is 30.2 Å². The van der Waals surface area contributed by atoms with E-state index < -0.39 is 0 Å². The van der Waals surface area contributed by atoms with Gasteiger partial charge in [0, 0.05) is 6.20 Å². The number of hydrogen-bond acceptors (Lipinski definition) is 2. The molecule has 0 N–H and O–H groups in total. The first-order valence-electron chi connectivity index (χ1n) is 5.48. The van der Waals surface area contributed by atoms with Crippen LogP contribution in [-0.4, -0.2) is 4.57 Å². The molecule has 0 aliphatic rings. The lowest BCUT2D eigenvalue weighted by molar-refractivity contribution is 0.950. The third-order valence-corrected chi connectivity index (χ3v) is 2.70. The molecule has 0 saturated heterocycles. The highest BCUT2D eigenvalue weighted by Gasteiger charge is 2.06. The zero-order valence-corrected chi connectivity index (χ0v) is 9.55. The largest absolute Gasteiger partial charge is 0.283 e. The van der Waals surface area contributed by atoms with Crippen LogP contribution in [0.5, 0.6) is 0 Å². The van der Waals surface area contributed by atoms with Crippen LogP contribution >= 0.6 is 0 Å². The second kappa shape index (κ2) is 4.67. The summed E-state index contributed by atoms with van der Waals surface area (Å²) in [7, 11) is 0. The summed E-state index contributed by atoms with van der Waals surface area (Å²) in [6, 6.07) is 12.9. The Balaban J connectivity index is 2.70. The predicted molar refractivity (Wildman–Crippen MR) is 66.1 cm³/mol. The molecule has 1 heterocycles. The van der Waals surface area contributed by atoms with E-state index >= 15 is 0 Å². The fourth-order valence-electron chi connectivity index (χ4n) is 1.81. The van der Waals surface area contributed by atoms with Crippen LogP contribution in [0.3, 0.4) is 0 Å². The zero-order valence-electron chi connectivity index (χ0n) is 9.55. The molecule has 0 fully saturated rings. The first-order valence-corrected chi connectivity index (χ1v) is 5.48. The van der Waals surface area contributed by atoms with Crippen LogP contribution in [0.1, 0.15) is 18.1 Å². The first-order chi connectivity index (χ1) is 8.27. The average Bonchev–Trinajstić information content (AvgIpc) is 2.39. The minimum atomic E-state index is -0.268. The number of aromatic nitrogens is 1. The number of nitriles is 1. The highest BCUT2D eigenvalue weighted by Crippen LogP contribution is 2.13. The summed E-state index contributed by atoms with van der Waals surface area (Å²) in [5.74, 6) is 0. The summed E-state index contributed by atoms with van der Waals surface area (Å²) in [4.78, 5) is 12.0. The molecule has 17 heavy (non-hydrogen) atoms. The summed E-state index contributed by atoms with van der Waals surface area (Å²) < 4.78 is 1.53. The van der Waals surface area contributed by atoms with Gasteiger partial charge >= 0.3 is 0 Å². The van der Waals surface area contributed by atoms with Gasteiger partial charge in [0.25, 0.3) is 5.56 Å². The standard InChI is InChI=1S/C14H12N2O/c1-2-11-6-3-4-8-13(11)16-9-5-7-12(10-15)14(16)17/h3-9H,2H2,1H3. The molecule has 0 spiro atoms. The molecule has 3 nitrogen and oxygen atoms in total. The summed E-state index contributed by atoms with van der Waals surface area (Å²) in [6.45, 7) is 2.04. The molecule has 0 radical (unpaired) electrons. The van der Waals surface area contributed by atoms with Gasteiger partial charge in [0.15, 0.2) is 0 Å². The van der Waals surface area contributed by atoms with Gasteiger partial charge in [0.05, 0.1) is 5.69 Å². The van der Waals surface area contributed by atoms with Crippen LogP contribution in [0.15, 0.2) is 47.4 Å². The lowest BCUT2D eigenvalue weighted by Gasteiger charge is -2.10. The van der Waals surface area contributed by atoms with E-state index in [0.29, 0.717) is 0 Å². The summed E-state index contributed by atoms with van der Waals surface area (Å²) >= 11 is 0. The van der Waals surface area contributed by atoms with Gasteiger partial charge < -0.3 is 0 Å². The Hall–Kier alpha value is -2.34. The number of rotatable bonds is 2. The Morgan fingerprint density at radius 1 is 1.24 bits per heavy atom. The van der Waals surface area contributed by atoms with Gasteiger partial charge in [0.1, 0.15) is 11.6 Å². The van der Waals surface area contributed by atoms with E-state index in [2.05, 4.69) is 0 Å². The SMILES string of the molecule is CCc1ccccc1-n1cccc(C#N)c1=O. The van der Waals surface area contributed by atoms with Gasteiger partial charge in [-0.3, -0.25) is 9.36 Å². The van der Waals surface area contributed by atoms with Gasteiger partial charge in [-0.2, -0.15) is 5.26 Å². The second-order valence-electron chi connectivity index (χ2n) is 3.69. The quantitative estimate of drug-likeness (QED) is 0.785. The number of pyridine rings is 1. The topological polar surface area (TPSA) is 45.8 Å². The fraction of sp³-hybridized carbons (Fsp3) is 0.143. The Morgan fingerprint density at radius 2 is 2.00 bits per heavy atom. The van der Waals surface area contributed by atoms with E-state index in [1.54, 1.807) is 12.3 Å². The Bertz CT molecular complexity index is 635. The van der Waals surface area contributed by atoms with E-state index in [1.165, 1.54) is 10.6 Å². The van der Waals surface area contributed by atoms with E-state index in [4.69, 9.17) is 5.26 Å². The van der Waals surface area contributed by atoms with Crippen molar-refractivity contribution in [3.05, 3.63) is 64.1 Å². The molecule has 0 atom stereocenters. The maximum absolute atomic E-state index is 12.0. The average molecular weight is 224 g/mol. The molecule has 0 aliphatic heterocycles. The van der Waals surface area contributed by atoms with Crippen molar-refractivity contribution in [2.45, 2.75) is 13.3 Å². The third kappa shape index (κ3) is 1.98. The van der Waals surface area contributed by atoms with Gasteiger partial charge in [0.2, 0.25) is 0 Å². The number of nitrogens with zero attached hydrogens (tertiary/aromatic N) is 2. The van der Waals surface area contributed by atoms with Crippen molar-refractivity contribution < 1.29 is 0 Å². The molecule has 1 aromatic heterocycles. The summed E-state index contributed by atoms with van der Waals surface area (Å²) in [5.41, 5.74) is 1.83. The van der Waals surface area contributed by atoms with Crippen molar-refractivity contribution in [3.63, 3.8) is 0 Å². The monoisotopic (exact) mass is 224 g/mol. The van der Waals surface area contributed by atoms with Crippen LogP contribution in [0.4, 0.5) is 0 Å². The molecule has 0 amide bonds. The minimum absolute atomic E-state index is 0.165. The van der Waals surface area contributed by atoms with Crippen molar-refractivity contribution in [1.29, 1.82) is 5.26 Å². The van der Waals surface area contributed by atoms with Crippen LogP contribution < -0.4 is 5.56 Å². The predicted octanol–water partition coefficient (Wildman–Crippen LogP) is 2.27. The van der Waals surface area contributed by atoms with Crippen molar-refractivity contribution in [3.8, 4) is 11.8 Å². The summed E-state index contributed by atoms with van der Waals surface area (Å²) in [6.07, 6.45) is 2.54. The highest BCUT2D eigenvalue weighted by molar-refractivity contribution is 5.42. The number of para-hydroxylation sites is 1. The lowest BCUT2D eigenvalue weighted by atomic mass is 10.1. The van der Waals surface area contributed by atoms with E-state index in [1.807, 2.05) is 37.3 Å². The van der Waals surface area contributed by atoms with Crippen molar-refractivity contribution in [2.75, 3.05) is 0 Å². The van der Waals surface area contributed by atoms with Gasteiger partial charge in [-0.15, -0.1) is 0 Å². The molecule has 84 valence electrons. The van der Waals surface area contributed by atoms with Crippen LogP contribution in [-0.2, 0) is 6.42 Å². The molecular weight excluding hydrogens is 212 g/mol. The summed E-state index contributed by atoms with van der Waals surface area (Å²) in [5, 5.41) is 8.85. The zero-order chi connectivity index (χ0) is 12.3. The first kappa shape index (κ1) is 11.2. The maximum Gasteiger partial charge on any atom is 0.272 e. The Morgan fingerprint density at radius 3 is 2.71 bits per heavy atom. The van der Waals surface area contributed by atoms with Crippen molar-refractivity contribution in [2.24, 2.45) is 0 Å². The van der Waals surface area contributed by atoms with Gasteiger partial charge in [-0.25, -0.2) is 0 Å². The maximum atomic E-state index is 12.0. The van der Waals surface area contributed by atoms with Crippen molar-refractivity contribution >= 4 is 0 Å². The lowest BCUT2D eigenvalue weighted by Crippen LogP contribution is -2.20. The van der Waals surface area contributed by atoms with Crippen LogP contribution in [0, 0.1) is 11.3 Å². The molecule has 0 saturated carbocycles.